The molecule has 2 saturated carbocycles. The lowest BCUT2D eigenvalue weighted by Crippen LogP contribution is -2.50. The van der Waals surface area contributed by atoms with E-state index in [0.717, 1.165) is 44.2 Å². The summed E-state index contributed by atoms with van der Waals surface area (Å²) in [6.07, 6.45) is 10.5. The number of anilines is 1. The maximum atomic E-state index is 13.4. The molecule has 0 bridgehead atoms. The first kappa shape index (κ1) is 23.0. The van der Waals surface area contributed by atoms with Gasteiger partial charge in [0.15, 0.2) is 0 Å². The molecule has 1 saturated heterocycles. The third-order valence-corrected chi connectivity index (χ3v) is 7.51. The van der Waals surface area contributed by atoms with Gasteiger partial charge in [0.25, 0.3) is 11.8 Å². The molecule has 180 valence electrons. The zero-order valence-electron chi connectivity index (χ0n) is 19.3. The summed E-state index contributed by atoms with van der Waals surface area (Å²) in [6, 6.07) is 8.04. The monoisotopic (exact) mass is 482 g/mol. The molecule has 2 amide bonds. The lowest BCUT2D eigenvalue weighted by atomic mass is 9.95. The van der Waals surface area contributed by atoms with Gasteiger partial charge in [0.1, 0.15) is 11.1 Å². The molecular formula is C26H31ClN4O3. The summed E-state index contributed by atoms with van der Waals surface area (Å²) < 4.78 is 1.89. The molecule has 8 heteroatoms. The fourth-order valence-electron chi connectivity index (χ4n) is 5.03. The minimum atomic E-state index is -0.469. The molecule has 3 aliphatic rings. The van der Waals surface area contributed by atoms with E-state index in [1.54, 1.807) is 17.3 Å². The number of piperazine rings is 1. The van der Waals surface area contributed by atoms with E-state index in [2.05, 4.69) is 10.2 Å². The average molecular weight is 483 g/mol. The molecule has 1 aromatic carbocycles. The normalized spacial score (nSPS) is 19.2. The molecule has 34 heavy (non-hydrogen) atoms. The maximum Gasteiger partial charge on any atom is 0.259 e. The molecule has 3 fully saturated rings. The van der Waals surface area contributed by atoms with Gasteiger partial charge >= 0.3 is 0 Å². The van der Waals surface area contributed by atoms with Crippen LogP contribution in [0, 0.1) is 0 Å². The number of halogens is 1. The first-order valence-electron chi connectivity index (χ1n) is 12.4. The zero-order chi connectivity index (χ0) is 23.7. The van der Waals surface area contributed by atoms with Gasteiger partial charge in [0.2, 0.25) is 5.43 Å². The summed E-state index contributed by atoms with van der Waals surface area (Å²) in [5, 5.41) is 3.73. The molecule has 1 aromatic heterocycles. The van der Waals surface area contributed by atoms with Gasteiger partial charge in [-0.3, -0.25) is 14.4 Å². The van der Waals surface area contributed by atoms with E-state index in [1.807, 2.05) is 28.8 Å². The molecule has 0 radical (unpaired) electrons. The van der Waals surface area contributed by atoms with E-state index < -0.39 is 5.43 Å². The molecule has 2 heterocycles. The van der Waals surface area contributed by atoms with Crippen molar-refractivity contribution in [3.63, 3.8) is 0 Å². The Labute approximate surface area is 204 Å². The van der Waals surface area contributed by atoms with Crippen molar-refractivity contribution in [1.82, 2.24) is 14.8 Å². The molecule has 0 spiro atoms. The highest BCUT2D eigenvalue weighted by molar-refractivity contribution is 6.33. The minimum absolute atomic E-state index is 0.0815. The van der Waals surface area contributed by atoms with Crippen molar-refractivity contribution in [2.24, 2.45) is 0 Å². The smallest absolute Gasteiger partial charge is 0.259 e. The first-order chi connectivity index (χ1) is 16.5. The van der Waals surface area contributed by atoms with Crippen molar-refractivity contribution < 1.29 is 9.59 Å². The highest BCUT2D eigenvalue weighted by Crippen LogP contribution is 2.35. The van der Waals surface area contributed by atoms with E-state index in [-0.39, 0.29) is 35.0 Å². The minimum Gasteiger partial charge on any atom is -0.367 e. The van der Waals surface area contributed by atoms with Crippen molar-refractivity contribution in [1.29, 1.82) is 0 Å². The Hall–Kier alpha value is -2.80. The van der Waals surface area contributed by atoms with E-state index in [4.69, 9.17) is 11.6 Å². The Morgan fingerprint density at radius 2 is 1.56 bits per heavy atom. The number of carbonyl (C=O) groups excluding carboxylic acids is 2. The number of benzene rings is 1. The van der Waals surface area contributed by atoms with Crippen LogP contribution in [0.4, 0.5) is 5.69 Å². The second-order valence-electron chi connectivity index (χ2n) is 9.63. The second-order valence-corrected chi connectivity index (χ2v) is 10.0. The van der Waals surface area contributed by atoms with Gasteiger partial charge in [-0.15, -0.1) is 0 Å². The topological polar surface area (TPSA) is 74.7 Å². The lowest BCUT2D eigenvalue weighted by Gasteiger charge is -2.36. The number of carbonyl (C=O) groups is 2. The van der Waals surface area contributed by atoms with Crippen molar-refractivity contribution in [2.45, 2.75) is 57.0 Å². The van der Waals surface area contributed by atoms with Crippen molar-refractivity contribution in [3.8, 4) is 0 Å². The Bertz CT molecular complexity index is 1130. The van der Waals surface area contributed by atoms with E-state index >= 15 is 0 Å². The van der Waals surface area contributed by atoms with Crippen LogP contribution in [0.5, 0.6) is 0 Å². The van der Waals surface area contributed by atoms with E-state index in [1.165, 1.54) is 6.42 Å². The van der Waals surface area contributed by atoms with Crippen LogP contribution in [0.3, 0.4) is 0 Å². The van der Waals surface area contributed by atoms with Crippen LogP contribution in [0.1, 0.15) is 71.7 Å². The molecule has 0 unspecified atom stereocenters. The fourth-order valence-corrected chi connectivity index (χ4v) is 5.29. The number of amides is 2. The van der Waals surface area contributed by atoms with E-state index in [9.17, 15) is 14.4 Å². The summed E-state index contributed by atoms with van der Waals surface area (Å²) in [5.74, 6) is -0.657. The number of pyridine rings is 1. The van der Waals surface area contributed by atoms with Crippen LogP contribution in [0.25, 0.3) is 0 Å². The van der Waals surface area contributed by atoms with Crippen molar-refractivity contribution >= 4 is 29.1 Å². The lowest BCUT2D eigenvalue weighted by molar-refractivity contribution is 0.0744. The molecule has 5 rings (SSSR count). The van der Waals surface area contributed by atoms with Crippen LogP contribution in [-0.2, 0) is 0 Å². The van der Waals surface area contributed by atoms with Crippen LogP contribution in [0.2, 0.25) is 5.02 Å². The summed E-state index contributed by atoms with van der Waals surface area (Å²) in [6.45, 7) is 2.25. The highest BCUT2D eigenvalue weighted by atomic mass is 35.5. The zero-order valence-corrected chi connectivity index (χ0v) is 20.1. The number of hydrogen-bond donors (Lipinski definition) is 1. The Kier molecular flexibility index (Phi) is 6.63. The number of rotatable bonds is 5. The summed E-state index contributed by atoms with van der Waals surface area (Å²) >= 11 is 6.34. The molecule has 7 nitrogen and oxygen atoms in total. The van der Waals surface area contributed by atoms with Gasteiger partial charge in [0.05, 0.1) is 10.7 Å². The number of para-hydroxylation sites is 1. The Balaban J connectivity index is 1.34. The van der Waals surface area contributed by atoms with Crippen LogP contribution in [-0.4, -0.2) is 53.5 Å². The van der Waals surface area contributed by atoms with Crippen molar-refractivity contribution in [2.75, 3.05) is 31.1 Å². The molecule has 2 aliphatic carbocycles. The second kappa shape index (κ2) is 9.82. The van der Waals surface area contributed by atoms with Gasteiger partial charge in [-0.05, 0) is 37.8 Å². The molecular weight excluding hydrogens is 452 g/mol. The summed E-state index contributed by atoms with van der Waals surface area (Å²) in [5.41, 5.74) is 0.657. The van der Waals surface area contributed by atoms with E-state index in [0.29, 0.717) is 31.2 Å². The summed E-state index contributed by atoms with van der Waals surface area (Å²) in [4.78, 5) is 43.7. The molecule has 1 N–H and O–H groups in total. The van der Waals surface area contributed by atoms with Crippen LogP contribution in [0.15, 0.2) is 41.5 Å². The van der Waals surface area contributed by atoms with Crippen LogP contribution >= 0.6 is 11.6 Å². The quantitative estimate of drug-likeness (QED) is 0.702. The van der Waals surface area contributed by atoms with Crippen molar-refractivity contribution in [3.05, 3.63) is 63.0 Å². The predicted molar refractivity (Wildman–Crippen MR) is 133 cm³/mol. The SMILES string of the molecule is O=C(NC1CCCCC1)c1cn(C2CC2)cc(C(=O)N2CCN(c3ccccc3Cl)CC2)c1=O. The van der Waals surface area contributed by atoms with Gasteiger partial charge in [-0.2, -0.15) is 0 Å². The van der Waals surface area contributed by atoms with Gasteiger partial charge in [-0.25, -0.2) is 0 Å². The Morgan fingerprint density at radius 1 is 0.882 bits per heavy atom. The largest absolute Gasteiger partial charge is 0.367 e. The standard InChI is InChI=1S/C26H31ClN4O3/c27-22-8-4-5-9-23(22)29-12-14-30(15-13-29)26(34)21-17-31(19-10-11-19)16-20(24(21)32)25(33)28-18-6-2-1-3-7-18/h4-5,8-9,16-19H,1-3,6-7,10-15H2,(H,28,33). The number of nitrogens with zero attached hydrogens (tertiary/aromatic N) is 3. The van der Waals surface area contributed by atoms with Crippen LogP contribution < -0.4 is 15.6 Å². The van der Waals surface area contributed by atoms with Gasteiger partial charge in [-0.1, -0.05) is 43.0 Å². The summed E-state index contributed by atoms with van der Waals surface area (Å²) in [7, 11) is 0. The highest BCUT2D eigenvalue weighted by Gasteiger charge is 2.30. The molecule has 2 aromatic rings. The van der Waals surface area contributed by atoms with Gasteiger partial charge in [0, 0.05) is 50.7 Å². The predicted octanol–water partition coefficient (Wildman–Crippen LogP) is 3.86. The number of aromatic nitrogens is 1. The number of hydrogen-bond acceptors (Lipinski definition) is 4. The third-order valence-electron chi connectivity index (χ3n) is 7.19. The third kappa shape index (κ3) is 4.85. The number of nitrogens with one attached hydrogen (secondary N) is 1. The fraction of sp³-hybridized carbons (Fsp3) is 0.500. The molecule has 1 aliphatic heterocycles. The average Bonchev–Trinajstić information content (AvgIpc) is 3.70. The maximum absolute atomic E-state index is 13.4. The molecule has 0 atom stereocenters. The van der Waals surface area contributed by atoms with Gasteiger partial charge < -0.3 is 19.7 Å². The Morgan fingerprint density at radius 3 is 2.24 bits per heavy atom. The first-order valence-corrected chi connectivity index (χ1v) is 12.7.